The monoisotopic (exact) mass is 266 g/mol. The lowest BCUT2D eigenvalue weighted by molar-refractivity contribution is -0.141. The number of carbonyl (C=O) groups is 2. The SMILES string of the molecule is CCCC(CNC(=O)c1ccn(C)c(=O)c1)C(=O)O. The van der Waals surface area contributed by atoms with Gasteiger partial charge in [0.2, 0.25) is 0 Å². The van der Waals surface area contributed by atoms with E-state index in [9.17, 15) is 14.4 Å². The highest BCUT2D eigenvalue weighted by Gasteiger charge is 2.17. The van der Waals surface area contributed by atoms with Crippen LogP contribution in [0, 0.1) is 5.92 Å². The summed E-state index contributed by atoms with van der Waals surface area (Å²) < 4.78 is 1.36. The Morgan fingerprint density at radius 2 is 2.16 bits per heavy atom. The van der Waals surface area contributed by atoms with E-state index in [0.717, 1.165) is 6.42 Å². The predicted molar refractivity (Wildman–Crippen MR) is 70.1 cm³/mol. The Kier molecular flexibility index (Phi) is 5.29. The molecule has 2 N–H and O–H groups in total. The summed E-state index contributed by atoms with van der Waals surface area (Å²) >= 11 is 0. The van der Waals surface area contributed by atoms with Crippen LogP contribution in [0.1, 0.15) is 30.1 Å². The van der Waals surface area contributed by atoms with Gasteiger partial charge in [0.1, 0.15) is 0 Å². The van der Waals surface area contributed by atoms with Crippen LogP contribution >= 0.6 is 0 Å². The zero-order chi connectivity index (χ0) is 14.4. The number of rotatable bonds is 6. The van der Waals surface area contributed by atoms with E-state index in [2.05, 4.69) is 5.32 Å². The van der Waals surface area contributed by atoms with Gasteiger partial charge in [-0.3, -0.25) is 14.4 Å². The second-order valence-electron chi connectivity index (χ2n) is 4.40. The molecule has 0 aromatic carbocycles. The zero-order valence-corrected chi connectivity index (χ0v) is 11.0. The summed E-state index contributed by atoms with van der Waals surface area (Å²) in [6, 6.07) is 2.75. The van der Waals surface area contributed by atoms with Crippen LogP contribution in [0.15, 0.2) is 23.1 Å². The average Bonchev–Trinajstić information content (AvgIpc) is 2.37. The molecule has 1 aromatic heterocycles. The van der Waals surface area contributed by atoms with E-state index in [4.69, 9.17) is 5.11 Å². The Hall–Kier alpha value is -2.11. The van der Waals surface area contributed by atoms with E-state index in [1.165, 1.54) is 22.9 Å². The Morgan fingerprint density at radius 1 is 1.47 bits per heavy atom. The van der Waals surface area contributed by atoms with Gasteiger partial charge in [0, 0.05) is 31.4 Å². The third kappa shape index (κ3) is 4.24. The molecule has 0 spiro atoms. The molecule has 1 unspecified atom stereocenters. The Balaban J connectivity index is 2.66. The summed E-state index contributed by atoms with van der Waals surface area (Å²) in [7, 11) is 1.59. The van der Waals surface area contributed by atoms with E-state index < -0.39 is 17.8 Å². The number of amides is 1. The minimum absolute atomic E-state index is 0.0667. The maximum absolute atomic E-state index is 11.8. The van der Waals surface area contributed by atoms with Crippen LogP contribution in [0.25, 0.3) is 0 Å². The number of aliphatic carboxylic acids is 1. The molecule has 0 fully saturated rings. The molecule has 0 aliphatic heterocycles. The van der Waals surface area contributed by atoms with Gasteiger partial charge in [-0.05, 0) is 12.5 Å². The average molecular weight is 266 g/mol. The Morgan fingerprint density at radius 3 is 2.68 bits per heavy atom. The van der Waals surface area contributed by atoms with Crippen molar-refractivity contribution in [1.29, 1.82) is 0 Å². The molecule has 0 saturated carbocycles. The van der Waals surface area contributed by atoms with Crippen molar-refractivity contribution in [3.05, 3.63) is 34.2 Å². The van der Waals surface area contributed by atoms with Gasteiger partial charge in [-0.15, -0.1) is 0 Å². The van der Waals surface area contributed by atoms with Crippen molar-refractivity contribution in [1.82, 2.24) is 9.88 Å². The maximum atomic E-state index is 11.8. The van der Waals surface area contributed by atoms with Crippen molar-refractivity contribution in [3.8, 4) is 0 Å². The van der Waals surface area contributed by atoms with E-state index in [0.29, 0.717) is 6.42 Å². The number of hydrogen-bond acceptors (Lipinski definition) is 3. The maximum Gasteiger partial charge on any atom is 0.308 e. The molecule has 6 heteroatoms. The summed E-state index contributed by atoms with van der Waals surface area (Å²) in [4.78, 5) is 34.1. The van der Waals surface area contributed by atoms with Gasteiger partial charge in [-0.25, -0.2) is 0 Å². The number of aryl methyl sites for hydroxylation is 1. The smallest absolute Gasteiger partial charge is 0.308 e. The fourth-order valence-corrected chi connectivity index (χ4v) is 1.67. The minimum atomic E-state index is -0.925. The standard InChI is InChI=1S/C13H18N2O4/c1-3-4-10(13(18)19)8-14-12(17)9-5-6-15(2)11(16)7-9/h5-7,10H,3-4,8H2,1-2H3,(H,14,17)(H,18,19). The molecule has 0 saturated heterocycles. The zero-order valence-electron chi connectivity index (χ0n) is 11.0. The summed E-state index contributed by atoms with van der Waals surface area (Å²) in [5.41, 5.74) is -0.0419. The Bertz CT molecular complexity index is 522. The van der Waals surface area contributed by atoms with Crippen molar-refractivity contribution >= 4 is 11.9 Å². The molecule has 1 atom stereocenters. The van der Waals surface area contributed by atoms with E-state index in [1.54, 1.807) is 7.05 Å². The summed E-state index contributed by atoms with van der Waals surface area (Å²) in [5, 5.41) is 11.5. The molecule has 19 heavy (non-hydrogen) atoms. The molecule has 104 valence electrons. The molecule has 1 amide bonds. The first-order chi connectivity index (χ1) is 8.95. The lowest BCUT2D eigenvalue weighted by atomic mass is 10.0. The molecule has 1 rings (SSSR count). The molecule has 0 bridgehead atoms. The number of nitrogens with zero attached hydrogens (tertiary/aromatic N) is 1. The summed E-state index contributed by atoms with van der Waals surface area (Å²) in [6.07, 6.45) is 2.74. The minimum Gasteiger partial charge on any atom is -0.481 e. The molecule has 0 aliphatic rings. The van der Waals surface area contributed by atoms with Gasteiger partial charge in [0.15, 0.2) is 0 Å². The number of carboxylic acid groups (broad SMARTS) is 1. The third-order valence-electron chi connectivity index (χ3n) is 2.86. The van der Waals surface area contributed by atoms with Crippen LogP contribution in [-0.4, -0.2) is 28.1 Å². The first kappa shape index (κ1) is 14.9. The highest BCUT2D eigenvalue weighted by molar-refractivity contribution is 5.94. The predicted octanol–water partition coefficient (Wildman–Crippen LogP) is 0.616. The summed E-state index contributed by atoms with van der Waals surface area (Å²) in [5.74, 6) is -1.95. The molecule has 0 radical (unpaired) electrons. The normalized spacial score (nSPS) is 11.9. The van der Waals surface area contributed by atoms with Gasteiger partial charge in [-0.1, -0.05) is 13.3 Å². The van der Waals surface area contributed by atoms with Crippen molar-refractivity contribution in [3.63, 3.8) is 0 Å². The first-order valence-electron chi connectivity index (χ1n) is 6.13. The largest absolute Gasteiger partial charge is 0.481 e. The number of carboxylic acids is 1. The lowest BCUT2D eigenvalue weighted by Crippen LogP contribution is -2.33. The molecular formula is C13H18N2O4. The molecule has 1 aromatic rings. The van der Waals surface area contributed by atoms with Gasteiger partial charge in [-0.2, -0.15) is 0 Å². The third-order valence-corrected chi connectivity index (χ3v) is 2.86. The molecule has 1 heterocycles. The molecule has 6 nitrogen and oxygen atoms in total. The van der Waals surface area contributed by atoms with E-state index in [-0.39, 0.29) is 17.7 Å². The number of carbonyl (C=O) groups excluding carboxylic acids is 1. The van der Waals surface area contributed by atoms with Gasteiger partial charge in [0.05, 0.1) is 5.92 Å². The van der Waals surface area contributed by atoms with Crippen molar-refractivity contribution < 1.29 is 14.7 Å². The van der Waals surface area contributed by atoms with Crippen LogP contribution in [0.2, 0.25) is 0 Å². The number of hydrogen-bond donors (Lipinski definition) is 2. The molecular weight excluding hydrogens is 248 g/mol. The highest BCUT2D eigenvalue weighted by Crippen LogP contribution is 2.05. The van der Waals surface area contributed by atoms with Crippen LogP contribution in [0.3, 0.4) is 0 Å². The second kappa shape index (κ2) is 6.72. The van der Waals surface area contributed by atoms with E-state index in [1.807, 2.05) is 6.92 Å². The van der Waals surface area contributed by atoms with Crippen molar-refractivity contribution in [2.75, 3.05) is 6.54 Å². The van der Waals surface area contributed by atoms with Crippen molar-refractivity contribution in [2.24, 2.45) is 13.0 Å². The Labute approximate surface area is 111 Å². The van der Waals surface area contributed by atoms with E-state index >= 15 is 0 Å². The summed E-state index contributed by atoms with van der Waals surface area (Å²) in [6.45, 7) is 1.95. The quantitative estimate of drug-likeness (QED) is 0.789. The highest BCUT2D eigenvalue weighted by atomic mass is 16.4. The van der Waals surface area contributed by atoms with Gasteiger partial charge >= 0.3 is 5.97 Å². The van der Waals surface area contributed by atoms with Crippen LogP contribution in [0.4, 0.5) is 0 Å². The van der Waals surface area contributed by atoms with Crippen LogP contribution in [0.5, 0.6) is 0 Å². The number of nitrogens with one attached hydrogen (secondary N) is 1. The van der Waals surface area contributed by atoms with Gasteiger partial charge < -0.3 is 15.0 Å². The number of aromatic nitrogens is 1. The van der Waals surface area contributed by atoms with Crippen LogP contribution < -0.4 is 10.9 Å². The topological polar surface area (TPSA) is 88.4 Å². The van der Waals surface area contributed by atoms with Crippen molar-refractivity contribution in [2.45, 2.75) is 19.8 Å². The van der Waals surface area contributed by atoms with Crippen LogP contribution in [-0.2, 0) is 11.8 Å². The number of pyridine rings is 1. The second-order valence-corrected chi connectivity index (χ2v) is 4.40. The van der Waals surface area contributed by atoms with Gasteiger partial charge in [0.25, 0.3) is 11.5 Å². The first-order valence-corrected chi connectivity index (χ1v) is 6.13. The molecule has 0 aliphatic carbocycles. The lowest BCUT2D eigenvalue weighted by Gasteiger charge is -2.12. The fraction of sp³-hybridized carbons (Fsp3) is 0.462. The fourth-order valence-electron chi connectivity index (χ4n) is 1.67.